The number of carbonyl (C=O) groups excluding carboxylic acids is 1. The second-order valence-electron chi connectivity index (χ2n) is 9.10. The van der Waals surface area contributed by atoms with Crippen LogP contribution in [0.4, 0.5) is 0 Å². The van der Waals surface area contributed by atoms with Gasteiger partial charge in [-0.15, -0.1) is 0 Å². The summed E-state index contributed by atoms with van der Waals surface area (Å²) in [5.74, 6) is 1.35. The van der Waals surface area contributed by atoms with E-state index in [1.54, 1.807) is 7.11 Å². The number of allylic oxidation sites excluding steroid dienone is 2. The fourth-order valence-corrected chi connectivity index (χ4v) is 4.12. The fraction of sp³-hybridized carbons (Fsp3) is 0.609. The van der Waals surface area contributed by atoms with Gasteiger partial charge in [-0.3, -0.25) is 4.79 Å². The molecule has 0 aliphatic heterocycles. The van der Waals surface area contributed by atoms with Crippen LogP contribution in [0, 0.1) is 13.8 Å². The third-order valence-electron chi connectivity index (χ3n) is 5.95. The van der Waals surface area contributed by atoms with E-state index in [0.29, 0.717) is 24.3 Å². The van der Waals surface area contributed by atoms with Crippen molar-refractivity contribution in [2.75, 3.05) is 14.2 Å². The Morgan fingerprint density at radius 2 is 1.66 bits per heavy atom. The first-order valence-electron chi connectivity index (χ1n) is 10.0. The monoisotopic (exact) mass is 440 g/mol. The third-order valence-corrected chi connectivity index (χ3v) is 10.7. The first kappa shape index (κ1) is 25.6. The summed E-state index contributed by atoms with van der Waals surface area (Å²) >= 11 is 6.79. The van der Waals surface area contributed by atoms with E-state index in [1.807, 2.05) is 20.8 Å². The summed E-state index contributed by atoms with van der Waals surface area (Å²) in [5, 5.41) is 0.704. The molecule has 0 saturated carbocycles. The molecule has 0 saturated heterocycles. The highest BCUT2D eigenvalue weighted by molar-refractivity contribution is 6.74. The summed E-state index contributed by atoms with van der Waals surface area (Å²) < 4.78 is 17.2. The van der Waals surface area contributed by atoms with Gasteiger partial charge in [0.25, 0.3) is 8.32 Å². The molecule has 0 atom stereocenters. The zero-order chi connectivity index (χ0) is 22.6. The normalized spacial score (nSPS) is 12.7. The molecule has 1 rings (SSSR count). The molecule has 29 heavy (non-hydrogen) atoms. The molecule has 4 nitrogen and oxygen atoms in total. The van der Waals surface area contributed by atoms with Crippen molar-refractivity contribution in [3.05, 3.63) is 33.4 Å². The lowest BCUT2D eigenvalue weighted by Gasteiger charge is -2.38. The number of ether oxygens (including phenoxy) is 2. The van der Waals surface area contributed by atoms with Crippen molar-refractivity contribution >= 4 is 25.9 Å². The number of esters is 1. The maximum atomic E-state index is 11.4. The van der Waals surface area contributed by atoms with Crippen LogP contribution in [-0.2, 0) is 16.0 Å². The number of rotatable bonds is 8. The Hall–Kier alpha value is -1.46. The van der Waals surface area contributed by atoms with Gasteiger partial charge in [0.15, 0.2) is 0 Å². The summed E-state index contributed by atoms with van der Waals surface area (Å²) in [6.07, 6.45) is 3.77. The van der Waals surface area contributed by atoms with Crippen LogP contribution in [0.1, 0.15) is 57.2 Å². The highest BCUT2D eigenvalue weighted by atomic mass is 35.5. The fourth-order valence-electron chi connectivity index (χ4n) is 2.72. The number of halogens is 1. The maximum Gasteiger partial charge on any atom is 0.305 e. The van der Waals surface area contributed by atoms with Crippen LogP contribution in [0.25, 0.3) is 0 Å². The lowest BCUT2D eigenvalue weighted by atomic mass is 9.99. The minimum Gasteiger partial charge on any atom is -0.542 e. The van der Waals surface area contributed by atoms with Crippen molar-refractivity contribution in [1.82, 2.24) is 0 Å². The number of methoxy groups -OCH3 is 2. The van der Waals surface area contributed by atoms with E-state index in [4.69, 9.17) is 25.5 Å². The van der Waals surface area contributed by atoms with E-state index in [0.717, 1.165) is 33.8 Å². The van der Waals surface area contributed by atoms with E-state index in [1.165, 1.54) is 7.11 Å². The molecule has 0 spiro atoms. The summed E-state index contributed by atoms with van der Waals surface area (Å²) in [7, 11) is 0.997. The Kier molecular flexibility index (Phi) is 8.85. The summed E-state index contributed by atoms with van der Waals surface area (Å²) in [6.45, 7) is 17.1. The topological polar surface area (TPSA) is 44.8 Å². The lowest BCUT2D eigenvalue weighted by Crippen LogP contribution is -2.44. The molecule has 0 aromatic heterocycles. The Morgan fingerprint density at radius 3 is 2.14 bits per heavy atom. The summed E-state index contributed by atoms with van der Waals surface area (Å²) in [6, 6.07) is 0. The molecule has 1 aromatic rings. The van der Waals surface area contributed by atoms with Gasteiger partial charge in [0.05, 0.1) is 19.2 Å². The van der Waals surface area contributed by atoms with Crippen LogP contribution in [0.2, 0.25) is 23.2 Å². The third kappa shape index (κ3) is 6.26. The van der Waals surface area contributed by atoms with Gasteiger partial charge in [-0.25, -0.2) is 0 Å². The van der Waals surface area contributed by atoms with E-state index < -0.39 is 8.32 Å². The van der Waals surface area contributed by atoms with Crippen LogP contribution >= 0.6 is 11.6 Å². The van der Waals surface area contributed by atoms with E-state index >= 15 is 0 Å². The van der Waals surface area contributed by atoms with Crippen molar-refractivity contribution in [1.29, 1.82) is 0 Å². The van der Waals surface area contributed by atoms with Gasteiger partial charge in [0.2, 0.25) is 0 Å². The zero-order valence-corrected chi connectivity index (χ0v) is 21.5. The van der Waals surface area contributed by atoms with Gasteiger partial charge in [-0.05, 0) is 62.9 Å². The van der Waals surface area contributed by atoms with Gasteiger partial charge in [0, 0.05) is 12.0 Å². The summed E-state index contributed by atoms with van der Waals surface area (Å²) in [5.41, 5.74) is 4.08. The van der Waals surface area contributed by atoms with Crippen LogP contribution in [-0.4, -0.2) is 28.5 Å². The molecule has 164 valence electrons. The second kappa shape index (κ2) is 10.0. The highest BCUT2D eigenvalue weighted by Crippen LogP contribution is 2.46. The van der Waals surface area contributed by atoms with Crippen LogP contribution < -0.4 is 9.16 Å². The average Bonchev–Trinajstić information content (AvgIpc) is 2.64. The molecule has 0 fully saturated rings. The SMILES string of the molecule is COC(=O)CC/C(C)=C/Cc1c(OC)c(C)c(C)c(Cl)c1O[Si](C)(C)C(C)(C)C. The molecular weight excluding hydrogens is 404 g/mol. The second-order valence-corrected chi connectivity index (χ2v) is 14.2. The molecule has 6 heteroatoms. The Balaban J connectivity index is 3.41. The number of benzene rings is 1. The molecule has 0 heterocycles. The molecule has 1 aromatic carbocycles. The number of carbonyl (C=O) groups is 1. The molecule has 0 amide bonds. The number of hydrogen-bond acceptors (Lipinski definition) is 4. The van der Waals surface area contributed by atoms with E-state index in [9.17, 15) is 4.79 Å². The highest BCUT2D eigenvalue weighted by Gasteiger charge is 2.40. The first-order valence-corrected chi connectivity index (χ1v) is 13.3. The molecule has 0 bridgehead atoms. The van der Waals surface area contributed by atoms with Gasteiger partial charge < -0.3 is 13.9 Å². The van der Waals surface area contributed by atoms with Crippen molar-refractivity contribution in [3.63, 3.8) is 0 Å². The van der Waals surface area contributed by atoms with Gasteiger partial charge in [-0.2, -0.15) is 0 Å². The van der Waals surface area contributed by atoms with Crippen LogP contribution in [0.3, 0.4) is 0 Å². The lowest BCUT2D eigenvalue weighted by molar-refractivity contribution is -0.140. The molecular formula is C23H37ClO4Si. The van der Waals surface area contributed by atoms with Gasteiger partial charge in [0.1, 0.15) is 11.5 Å². The molecule has 0 unspecified atom stereocenters. The first-order chi connectivity index (χ1) is 13.3. The predicted octanol–water partition coefficient (Wildman–Crippen LogP) is 6.79. The number of hydrogen-bond donors (Lipinski definition) is 0. The molecule has 0 aliphatic carbocycles. The van der Waals surface area contributed by atoms with Gasteiger partial charge >= 0.3 is 5.97 Å². The predicted molar refractivity (Wildman–Crippen MR) is 124 cm³/mol. The van der Waals surface area contributed by atoms with Crippen LogP contribution in [0.5, 0.6) is 11.5 Å². The minimum atomic E-state index is -2.10. The summed E-state index contributed by atoms with van der Waals surface area (Å²) in [4.78, 5) is 11.4. The quantitative estimate of drug-likeness (QED) is 0.253. The van der Waals surface area contributed by atoms with Crippen molar-refractivity contribution < 1.29 is 18.7 Å². The largest absolute Gasteiger partial charge is 0.542 e. The van der Waals surface area contributed by atoms with E-state index in [2.05, 4.69) is 39.9 Å². The molecule has 0 aliphatic rings. The van der Waals surface area contributed by atoms with Crippen molar-refractivity contribution in [3.8, 4) is 11.5 Å². The zero-order valence-electron chi connectivity index (χ0n) is 19.7. The Labute approximate surface area is 182 Å². The Morgan fingerprint density at radius 1 is 1.07 bits per heavy atom. The Bertz CT molecular complexity index is 776. The molecule has 0 N–H and O–H groups in total. The standard InChI is InChI=1S/C23H37ClO4Si/c1-15(12-14-19(25)26-7)11-13-18-21(27-8)17(3)16(2)20(24)22(18)28-29(9,10)23(4,5)6/h11H,12-14H2,1-10H3/b15-11+. The smallest absolute Gasteiger partial charge is 0.305 e. The maximum absolute atomic E-state index is 11.4. The van der Waals surface area contributed by atoms with Gasteiger partial charge in [-0.1, -0.05) is 44.0 Å². The molecule has 0 radical (unpaired) electrons. The average molecular weight is 441 g/mol. The van der Waals surface area contributed by atoms with Crippen molar-refractivity contribution in [2.45, 2.75) is 78.9 Å². The van der Waals surface area contributed by atoms with Crippen molar-refractivity contribution in [2.24, 2.45) is 0 Å². The van der Waals surface area contributed by atoms with E-state index in [-0.39, 0.29) is 11.0 Å². The minimum absolute atomic E-state index is 0.0475. The van der Waals surface area contributed by atoms with Crippen LogP contribution in [0.15, 0.2) is 11.6 Å².